The van der Waals surface area contributed by atoms with Crippen molar-refractivity contribution in [3.63, 3.8) is 0 Å². The summed E-state index contributed by atoms with van der Waals surface area (Å²) in [6.45, 7) is 7.38. The quantitative estimate of drug-likeness (QED) is 0.634. The highest BCUT2D eigenvalue weighted by Crippen LogP contribution is 2.19. The van der Waals surface area contributed by atoms with Crippen LogP contribution in [0.5, 0.6) is 0 Å². The third kappa shape index (κ3) is 6.89. The van der Waals surface area contributed by atoms with E-state index in [4.69, 9.17) is 15.2 Å². The van der Waals surface area contributed by atoms with E-state index in [9.17, 15) is 19.2 Å². The molecule has 3 N–H and O–H groups in total. The van der Waals surface area contributed by atoms with Crippen molar-refractivity contribution in [1.82, 2.24) is 10.2 Å². The van der Waals surface area contributed by atoms with Gasteiger partial charge in [0.15, 0.2) is 0 Å². The number of ether oxygens (including phenoxy) is 2. The van der Waals surface area contributed by atoms with Crippen molar-refractivity contribution in [2.24, 2.45) is 5.73 Å². The summed E-state index contributed by atoms with van der Waals surface area (Å²) < 4.78 is 10.0. The van der Waals surface area contributed by atoms with Gasteiger partial charge in [-0.2, -0.15) is 0 Å². The summed E-state index contributed by atoms with van der Waals surface area (Å²) in [6.07, 6.45) is 0.359. The second-order valence-electron chi connectivity index (χ2n) is 7.13. The van der Waals surface area contributed by atoms with Crippen molar-refractivity contribution in [1.29, 1.82) is 0 Å². The van der Waals surface area contributed by atoms with Gasteiger partial charge in [0, 0.05) is 13.0 Å². The van der Waals surface area contributed by atoms with E-state index in [1.165, 1.54) is 4.90 Å². The Morgan fingerprint density at radius 1 is 1.27 bits per heavy atom. The fourth-order valence-corrected chi connectivity index (χ4v) is 2.73. The maximum absolute atomic E-state index is 12.8. The van der Waals surface area contributed by atoms with Crippen LogP contribution in [0.25, 0.3) is 0 Å². The molecule has 1 aliphatic heterocycles. The average Bonchev–Trinajstić information content (AvgIpc) is 2.99. The van der Waals surface area contributed by atoms with E-state index in [0.29, 0.717) is 19.4 Å². The van der Waals surface area contributed by atoms with E-state index >= 15 is 0 Å². The molecule has 2 atom stereocenters. The molecule has 3 amide bonds. The maximum atomic E-state index is 12.8. The van der Waals surface area contributed by atoms with Gasteiger partial charge < -0.3 is 25.4 Å². The number of hydrogen-bond acceptors (Lipinski definition) is 6. The Morgan fingerprint density at radius 2 is 1.92 bits per heavy atom. The molecule has 1 rings (SSSR count). The minimum atomic E-state index is -1.01. The first-order chi connectivity index (χ1) is 12.0. The number of amides is 3. The molecule has 148 valence electrons. The lowest BCUT2D eigenvalue weighted by atomic mass is 10.1. The van der Waals surface area contributed by atoms with Crippen LogP contribution in [-0.4, -0.2) is 59.6 Å². The van der Waals surface area contributed by atoms with Crippen LogP contribution in [0, 0.1) is 0 Å². The van der Waals surface area contributed by atoms with E-state index < -0.39 is 41.6 Å². The number of hydrogen-bond donors (Lipinski definition) is 2. The Hall–Kier alpha value is -2.32. The van der Waals surface area contributed by atoms with Gasteiger partial charge in [-0.3, -0.25) is 14.4 Å². The van der Waals surface area contributed by atoms with Crippen molar-refractivity contribution < 1.29 is 28.7 Å². The Morgan fingerprint density at radius 3 is 2.46 bits per heavy atom. The molecule has 0 aromatic carbocycles. The summed E-state index contributed by atoms with van der Waals surface area (Å²) in [5.74, 6) is -1.51. The minimum absolute atomic E-state index is 0.0406. The van der Waals surface area contributed by atoms with Crippen molar-refractivity contribution in [2.75, 3.05) is 13.2 Å². The zero-order chi connectivity index (χ0) is 19.9. The van der Waals surface area contributed by atoms with Crippen LogP contribution in [0.3, 0.4) is 0 Å². The van der Waals surface area contributed by atoms with Gasteiger partial charge in [0.25, 0.3) is 0 Å². The Bertz CT molecular complexity index is 543. The smallest absolute Gasteiger partial charge is 0.408 e. The molecular weight excluding hydrogens is 342 g/mol. The average molecular weight is 371 g/mol. The van der Waals surface area contributed by atoms with Crippen LogP contribution < -0.4 is 11.1 Å². The second-order valence-corrected chi connectivity index (χ2v) is 7.13. The molecule has 0 aromatic heterocycles. The number of esters is 1. The molecule has 1 fully saturated rings. The molecule has 2 unspecified atom stereocenters. The van der Waals surface area contributed by atoms with Crippen molar-refractivity contribution in [2.45, 2.75) is 71.1 Å². The van der Waals surface area contributed by atoms with Gasteiger partial charge in [-0.1, -0.05) is 0 Å². The highest BCUT2D eigenvalue weighted by atomic mass is 16.6. The number of alkyl carbamates (subject to hydrolysis) is 1. The Kier molecular flexibility index (Phi) is 7.85. The molecule has 0 radical (unpaired) electrons. The van der Waals surface area contributed by atoms with Gasteiger partial charge >= 0.3 is 12.1 Å². The lowest BCUT2D eigenvalue weighted by Crippen LogP contribution is -2.53. The molecule has 0 bridgehead atoms. The van der Waals surface area contributed by atoms with Gasteiger partial charge in [0.2, 0.25) is 11.8 Å². The minimum Gasteiger partial charge on any atom is -0.466 e. The first kappa shape index (κ1) is 21.7. The molecule has 0 saturated carbocycles. The monoisotopic (exact) mass is 371 g/mol. The maximum Gasteiger partial charge on any atom is 0.408 e. The fourth-order valence-electron chi connectivity index (χ4n) is 2.73. The molecular formula is C17H29N3O6. The van der Waals surface area contributed by atoms with E-state index in [-0.39, 0.29) is 19.4 Å². The number of primary amides is 1. The first-order valence-corrected chi connectivity index (χ1v) is 8.80. The van der Waals surface area contributed by atoms with Crippen molar-refractivity contribution in [3.8, 4) is 0 Å². The van der Waals surface area contributed by atoms with E-state index in [1.807, 2.05) is 0 Å². The van der Waals surface area contributed by atoms with Crippen molar-refractivity contribution in [3.05, 3.63) is 0 Å². The third-order valence-electron chi connectivity index (χ3n) is 3.80. The number of likely N-dealkylation sites (tertiary alicyclic amines) is 1. The van der Waals surface area contributed by atoms with E-state index in [1.54, 1.807) is 27.7 Å². The molecule has 0 aromatic rings. The van der Waals surface area contributed by atoms with Crippen LogP contribution in [0.1, 0.15) is 53.4 Å². The highest BCUT2D eigenvalue weighted by Gasteiger charge is 2.37. The molecule has 9 heteroatoms. The first-order valence-electron chi connectivity index (χ1n) is 8.80. The number of nitrogens with two attached hydrogens (primary N) is 1. The van der Waals surface area contributed by atoms with Crippen molar-refractivity contribution >= 4 is 23.9 Å². The zero-order valence-electron chi connectivity index (χ0n) is 15.9. The highest BCUT2D eigenvalue weighted by molar-refractivity contribution is 5.91. The number of carbonyl (C=O) groups excluding carboxylic acids is 4. The lowest BCUT2D eigenvalue weighted by molar-refractivity contribution is -0.144. The van der Waals surface area contributed by atoms with Crippen LogP contribution in [0.15, 0.2) is 0 Å². The van der Waals surface area contributed by atoms with Crippen LogP contribution in [0.4, 0.5) is 4.79 Å². The number of rotatable bonds is 7. The van der Waals surface area contributed by atoms with E-state index in [2.05, 4.69) is 5.32 Å². The van der Waals surface area contributed by atoms with Crippen LogP contribution >= 0.6 is 0 Å². The van der Waals surface area contributed by atoms with Gasteiger partial charge in [-0.05, 0) is 47.0 Å². The largest absolute Gasteiger partial charge is 0.466 e. The fraction of sp³-hybridized carbons (Fsp3) is 0.765. The topological polar surface area (TPSA) is 128 Å². The van der Waals surface area contributed by atoms with Crippen LogP contribution in [0.2, 0.25) is 0 Å². The summed E-state index contributed by atoms with van der Waals surface area (Å²) in [5, 5.41) is 2.49. The van der Waals surface area contributed by atoms with Gasteiger partial charge in [0.1, 0.15) is 17.7 Å². The number of nitrogens with one attached hydrogen (secondary N) is 1. The zero-order valence-corrected chi connectivity index (χ0v) is 15.9. The lowest BCUT2D eigenvalue weighted by Gasteiger charge is -2.28. The summed E-state index contributed by atoms with van der Waals surface area (Å²) in [6, 6.07) is -1.71. The summed E-state index contributed by atoms with van der Waals surface area (Å²) in [5.41, 5.74) is 4.62. The normalized spacial score (nSPS) is 18.2. The molecule has 0 aliphatic carbocycles. The standard InChI is InChI=1S/C17H29N3O6/c1-5-25-13(21)9-8-11(19-16(24)26-17(2,3)4)15(23)20-10-6-7-12(20)14(18)22/h11-12H,5-10H2,1-4H3,(H2,18,22)(H,19,24). The predicted octanol–water partition coefficient (Wildman–Crippen LogP) is 0.699. The molecule has 9 nitrogen and oxygen atoms in total. The predicted molar refractivity (Wildman–Crippen MR) is 93.0 cm³/mol. The third-order valence-corrected chi connectivity index (χ3v) is 3.80. The summed E-state index contributed by atoms with van der Waals surface area (Å²) in [7, 11) is 0. The Labute approximate surface area is 153 Å². The van der Waals surface area contributed by atoms with Gasteiger partial charge in [0.05, 0.1) is 6.61 Å². The SMILES string of the molecule is CCOC(=O)CCC(NC(=O)OC(C)(C)C)C(=O)N1CCCC1C(N)=O. The number of carbonyl (C=O) groups is 4. The summed E-state index contributed by atoms with van der Waals surface area (Å²) in [4.78, 5) is 49.4. The second kappa shape index (κ2) is 9.40. The van der Waals surface area contributed by atoms with Gasteiger partial charge in [-0.25, -0.2) is 4.79 Å². The van der Waals surface area contributed by atoms with E-state index in [0.717, 1.165) is 0 Å². The Balaban J connectivity index is 2.84. The number of nitrogens with zero attached hydrogens (tertiary/aromatic N) is 1. The van der Waals surface area contributed by atoms with Gasteiger partial charge in [-0.15, -0.1) is 0 Å². The molecule has 1 aliphatic rings. The van der Waals surface area contributed by atoms with Crippen LogP contribution in [-0.2, 0) is 23.9 Å². The molecule has 0 spiro atoms. The summed E-state index contributed by atoms with van der Waals surface area (Å²) >= 11 is 0. The molecule has 1 heterocycles. The molecule has 26 heavy (non-hydrogen) atoms. The molecule has 1 saturated heterocycles.